The fraction of sp³-hybridized carbons (Fsp3) is 0.371. The second-order valence-electron chi connectivity index (χ2n) is 12.7. The molecule has 2 aromatic carbocycles. The number of imide groups is 1. The minimum absolute atomic E-state index is 0.125. The molecule has 2 aromatic heterocycles. The summed E-state index contributed by atoms with van der Waals surface area (Å²) in [5, 5.41) is 2.95. The van der Waals surface area contributed by atoms with Gasteiger partial charge < -0.3 is 4.90 Å². The molecule has 1 atom stereocenters. The van der Waals surface area contributed by atoms with Crippen LogP contribution in [0.25, 0.3) is 16.7 Å². The third-order valence-electron chi connectivity index (χ3n) is 9.43. The van der Waals surface area contributed by atoms with Crippen LogP contribution in [0.15, 0.2) is 65.7 Å². The first-order chi connectivity index (χ1) is 21.7. The molecule has 2 fully saturated rings. The van der Waals surface area contributed by atoms with Crippen molar-refractivity contribution in [3.63, 3.8) is 0 Å². The van der Waals surface area contributed by atoms with Crippen molar-refractivity contribution in [3.8, 4) is 5.82 Å². The van der Waals surface area contributed by atoms with E-state index >= 15 is 0 Å². The highest BCUT2D eigenvalue weighted by Crippen LogP contribution is 2.34. The number of fused-ring (bicyclic) bond motifs is 2. The number of aromatic nitrogens is 3. The number of nitrogens with one attached hydrogen (secondary N) is 1. The van der Waals surface area contributed by atoms with Crippen LogP contribution in [-0.4, -0.2) is 61.2 Å². The molecule has 1 unspecified atom stereocenters. The third-order valence-corrected chi connectivity index (χ3v) is 9.43. The molecule has 45 heavy (non-hydrogen) atoms. The lowest BCUT2D eigenvalue weighted by molar-refractivity contribution is -0.136. The Hall–Kier alpha value is -4.70. The Morgan fingerprint density at radius 2 is 1.78 bits per heavy atom. The van der Waals surface area contributed by atoms with Crippen molar-refractivity contribution in [2.75, 3.05) is 13.1 Å². The SMILES string of the molecule is CC(C)c1cccc(-n2cnc3ccc(CN4CCC(c5ccc6c(c5)CN(C5CCC(=O)NC5=O)C6=O)CC4)cc3c2=O)n1. The fourth-order valence-electron chi connectivity index (χ4n) is 6.86. The average Bonchev–Trinajstić information content (AvgIpc) is 3.37. The monoisotopic (exact) mass is 604 g/mol. The number of hydrogen-bond acceptors (Lipinski definition) is 7. The summed E-state index contributed by atoms with van der Waals surface area (Å²) in [5.41, 5.74) is 5.37. The van der Waals surface area contributed by atoms with E-state index in [0.29, 0.717) is 41.2 Å². The van der Waals surface area contributed by atoms with Crippen LogP contribution < -0.4 is 10.9 Å². The van der Waals surface area contributed by atoms with Crippen LogP contribution in [0.5, 0.6) is 0 Å². The number of likely N-dealkylation sites (tertiary alicyclic amines) is 1. The van der Waals surface area contributed by atoms with Gasteiger partial charge in [0, 0.05) is 30.8 Å². The van der Waals surface area contributed by atoms with E-state index in [4.69, 9.17) is 0 Å². The van der Waals surface area contributed by atoms with Gasteiger partial charge in [-0.2, -0.15) is 0 Å². The lowest BCUT2D eigenvalue weighted by atomic mass is 9.87. The zero-order valence-corrected chi connectivity index (χ0v) is 25.5. The number of benzene rings is 2. The number of carbonyl (C=O) groups is 3. The van der Waals surface area contributed by atoms with Gasteiger partial charge in [0.1, 0.15) is 18.2 Å². The van der Waals surface area contributed by atoms with Gasteiger partial charge in [0.25, 0.3) is 11.5 Å². The largest absolute Gasteiger partial charge is 0.322 e. The average molecular weight is 605 g/mol. The van der Waals surface area contributed by atoms with Gasteiger partial charge in [-0.15, -0.1) is 0 Å². The van der Waals surface area contributed by atoms with Gasteiger partial charge in [-0.25, -0.2) is 9.97 Å². The molecule has 10 heteroatoms. The third kappa shape index (κ3) is 5.55. The lowest BCUT2D eigenvalue weighted by Crippen LogP contribution is -2.52. The minimum atomic E-state index is -0.601. The van der Waals surface area contributed by atoms with E-state index in [9.17, 15) is 19.2 Å². The molecule has 3 amide bonds. The predicted octanol–water partition coefficient (Wildman–Crippen LogP) is 4.04. The van der Waals surface area contributed by atoms with Crippen LogP contribution in [0.4, 0.5) is 0 Å². The maximum atomic E-state index is 13.5. The first kappa shape index (κ1) is 29.0. The van der Waals surface area contributed by atoms with Crippen molar-refractivity contribution < 1.29 is 14.4 Å². The Morgan fingerprint density at radius 1 is 0.956 bits per heavy atom. The molecule has 0 aliphatic carbocycles. The van der Waals surface area contributed by atoms with Crippen LogP contribution in [0.3, 0.4) is 0 Å². The van der Waals surface area contributed by atoms with E-state index in [1.54, 1.807) is 11.2 Å². The fourth-order valence-corrected chi connectivity index (χ4v) is 6.86. The molecule has 4 aromatic rings. The number of carbonyl (C=O) groups excluding carboxylic acids is 3. The molecule has 0 radical (unpaired) electrons. The normalized spacial score (nSPS) is 19.4. The molecular formula is C35H36N6O4. The molecule has 5 heterocycles. The summed E-state index contributed by atoms with van der Waals surface area (Å²) < 4.78 is 1.53. The molecule has 0 bridgehead atoms. The Labute approximate surface area is 261 Å². The van der Waals surface area contributed by atoms with Crippen LogP contribution in [0.1, 0.15) is 84.1 Å². The Balaban J connectivity index is 1.02. The molecule has 0 saturated carbocycles. The molecule has 0 spiro atoms. The number of amides is 3. The Kier molecular flexibility index (Phi) is 7.53. The number of pyridine rings is 1. The summed E-state index contributed by atoms with van der Waals surface area (Å²) in [6.07, 6.45) is 4.15. The second kappa shape index (κ2) is 11.7. The number of nitrogens with zero attached hydrogens (tertiary/aromatic N) is 5. The molecule has 7 rings (SSSR count). The number of rotatable bonds is 6. The maximum Gasteiger partial charge on any atom is 0.266 e. The highest BCUT2D eigenvalue weighted by atomic mass is 16.2. The number of hydrogen-bond donors (Lipinski definition) is 1. The van der Waals surface area contributed by atoms with Crippen molar-refractivity contribution in [2.45, 2.75) is 70.5 Å². The summed E-state index contributed by atoms with van der Waals surface area (Å²) in [5.74, 6) is 0.407. The Morgan fingerprint density at radius 3 is 2.56 bits per heavy atom. The van der Waals surface area contributed by atoms with Crippen molar-refractivity contribution in [1.82, 2.24) is 29.7 Å². The van der Waals surface area contributed by atoms with Crippen LogP contribution in [0.2, 0.25) is 0 Å². The molecule has 2 saturated heterocycles. The van der Waals surface area contributed by atoms with Crippen LogP contribution >= 0.6 is 0 Å². The quantitative estimate of drug-likeness (QED) is 0.330. The summed E-state index contributed by atoms with van der Waals surface area (Å²) in [6, 6.07) is 17.1. The highest BCUT2D eigenvalue weighted by molar-refractivity contribution is 6.05. The van der Waals surface area contributed by atoms with E-state index in [-0.39, 0.29) is 35.6 Å². The Bertz CT molecular complexity index is 1890. The van der Waals surface area contributed by atoms with E-state index < -0.39 is 6.04 Å². The maximum absolute atomic E-state index is 13.5. The molecule has 230 valence electrons. The zero-order chi connectivity index (χ0) is 31.2. The lowest BCUT2D eigenvalue weighted by Gasteiger charge is -2.32. The highest BCUT2D eigenvalue weighted by Gasteiger charge is 2.39. The van der Waals surface area contributed by atoms with Crippen LogP contribution in [-0.2, 0) is 22.7 Å². The second-order valence-corrected chi connectivity index (χ2v) is 12.7. The standard InChI is InChI=1S/C35H36N6O4/c1-21(2)28-4-3-5-31(37-28)41-20-36-29-9-6-22(16-27(29)35(41)45)18-39-14-12-23(13-15-39)24-7-8-26-25(17-24)19-40(34(26)44)30-10-11-32(42)38-33(30)43/h3-9,16-17,20-21,23,30H,10-15,18-19H2,1-2H3,(H,38,42,43). The summed E-state index contributed by atoms with van der Waals surface area (Å²) in [6.45, 7) is 7.14. The van der Waals surface area contributed by atoms with Gasteiger partial charge in [-0.05, 0) is 91.2 Å². The van der Waals surface area contributed by atoms with Crippen molar-refractivity contribution in [2.24, 2.45) is 0 Å². The van der Waals surface area contributed by atoms with Gasteiger partial charge in [-0.3, -0.25) is 34.0 Å². The minimum Gasteiger partial charge on any atom is -0.322 e. The van der Waals surface area contributed by atoms with Crippen molar-refractivity contribution >= 4 is 28.6 Å². The van der Waals surface area contributed by atoms with Crippen molar-refractivity contribution in [3.05, 3.63) is 99.2 Å². The summed E-state index contributed by atoms with van der Waals surface area (Å²) in [7, 11) is 0. The molecule has 3 aliphatic heterocycles. The van der Waals surface area contributed by atoms with Crippen molar-refractivity contribution in [1.29, 1.82) is 0 Å². The van der Waals surface area contributed by atoms with E-state index in [0.717, 1.165) is 49.3 Å². The zero-order valence-electron chi connectivity index (χ0n) is 25.5. The van der Waals surface area contributed by atoms with Gasteiger partial charge in [0.2, 0.25) is 11.8 Å². The van der Waals surface area contributed by atoms with E-state index in [1.165, 1.54) is 10.1 Å². The van der Waals surface area contributed by atoms with Gasteiger partial charge in [0.05, 0.1) is 10.9 Å². The van der Waals surface area contributed by atoms with E-state index in [1.807, 2.05) is 36.4 Å². The summed E-state index contributed by atoms with van der Waals surface area (Å²) in [4.78, 5) is 63.8. The first-order valence-electron chi connectivity index (χ1n) is 15.7. The molecule has 1 N–H and O–H groups in total. The molecule has 10 nitrogen and oxygen atoms in total. The van der Waals surface area contributed by atoms with Gasteiger partial charge in [0.15, 0.2) is 0 Å². The topological polar surface area (TPSA) is 117 Å². The first-order valence-corrected chi connectivity index (χ1v) is 15.7. The predicted molar refractivity (Wildman–Crippen MR) is 169 cm³/mol. The number of piperidine rings is 2. The molecule has 3 aliphatic rings. The van der Waals surface area contributed by atoms with E-state index in [2.05, 4.69) is 52.2 Å². The smallest absolute Gasteiger partial charge is 0.266 e. The van der Waals surface area contributed by atoms with Gasteiger partial charge >= 0.3 is 0 Å². The summed E-state index contributed by atoms with van der Waals surface area (Å²) >= 11 is 0. The van der Waals surface area contributed by atoms with Gasteiger partial charge in [-0.1, -0.05) is 38.1 Å². The molecular weight excluding hydrogens is 568 g/mol. The van der Waals surface area contributed by atoms with Crippen LogP contribution in [0, 0.1) is 0 Å².